The third kappa shape index (κ3) is 8.21. The minimum absolute atomic E-state index is 0.00129. The summed E-state index contributed by atoms with van der Waals surface area (Å²) >= 11 is 0. The van der Waals surface area contributed by atoms with Crippen LogP contribution in [0.25, 0.3) is 11.0 Å². The van der Waals surface area contributed by atoms with Crippen LogP contribution in [-0.2, 0) is 11.3 Å². The number of carbonyl (C=O) groups excluding carboxylic acids is 1. The number of halogens is 1. The average molecular weight is 586 g/mol. The molecule has 5 rings (SSSR count). The number of likely N-dealkylation sites (N-methyl/N-ethyl adjacent to an activating group) is 1. The molecule has 2 heterocycles. The minimum atomic E-state index is -0.244. The monoisotopic (exact) mass is 585 g/mol. The fourth-order valence-electron chi connectivity index (χ4n) is 5.93. The van der Waals surface area contributed by atoms with E-state index in [0.29, 0.717) is 24.8 Å². The van der Waals surface area contributed by atoms with Gasteiger partial charge >= 0.3 is 0 Å². The van der Waals surface area contributed by atoms with Crippen molar-refractivity contribution in [3.05, 3.63) is 95.8 Å². The van der Waals surface area contributed by atoms with Gasteiger partial charge in [-0.2, -0.15) is 0 Å². The molecule has 1 amide bonds. The summed E-state index contributed by atoms with van der Waals surface area (Å²) in [6.07, 6.45) is 3.14. The number of aromatic nitrogens is 2. The maximum absolute atomic E-state index is 13.7. The number of rotatable bonds is 13. The Labute approximate surface area is 254 Å². The first-order chi connectivity index (χ1) is 20.9. The third-order valence-electron chi connectivity index (χ3n) is 8.34. The van der Waals surface area contributed by atoms with Crippen molar-refractivity contribution in [2.24, 2.45) is 0 Å². The zero-order valence-corrected chi connectivity index (χ0v) is 25.6. The van der Waals surface area contributed by atoms with Gasteiger partial charge in [-0.25, -0.2) is 9.37 Å². The van der Waals surface area contributed by atoms with Gasteiger partial charge < -0.3 is 24.4 Å². The van der Waals surface area contributed by atoms with E-state index in [4.69, 9.17) is 9.72 Å². The second-order valence-corrected chi connectivity index (χ2v) is 11.8. The molecule has 1 saturated heterocycles. The summed E-state index contributed by atoms with van der Waals surface area (Å²) in [4.78, 5) is 22.3. The largest absolute Gasteiger partial charge is 0.377 e. The number of piperidine rings is 1. The quantitative estimate of drug-likeness (QED) is 0.196. The van der Waals surface area contributed by atoms with Crippen LogP contribution >= 0.6 is 0 Å². The number of benzene rings is 3. The van der Waals surface area contributed by atoms with Gasteiger partial charge in [0.25, 0.3) is 5.91 Å². The molecule has 1 atom stereocenters. The Morgan fingerprint density at radius 1 is 1.00 bits per heavy atom. The van der Waals surface area contributed by atoms with Crippen LogP contribution in [0, 0.1) is 5.82 Å². The second-order valence-electron chi connectivity index (χ2n) is 11.8. The summed E-state index contributed by atoms with van der Waals surface area (Å²) in [5, 5.41) is 3.74. The van der Waals surface area contributed by atoms with E-state index >= 15 is 0 Å². The fourth-order valence-corrected chi connectivity index (χ4v) is 5.93. The molecule has 8 heteroatoms. The van der Waals surface area contributed by atoms with E-state index in [1.807, 2.05) is 55.6 Å². The maximum Gasteiger partial charge on any atom is 0.253 e. The van der Waals surface area contributed by atoms with E-state index in [9.17, 15) is 9.18 Å². The highest BCUT2D eigenvalue weighted by Gasteiger charge is 2.24. The number of ether oxygens (including phenoxy) is 1. The molecule has 1 aliphatic rings. The number of fused-ring (bicyclic) bond motifs is 1. The first-order valence-corrected chi connectivity index (χ1v) is 15.5. The molecule has 0 radical (unpaired) electrons. The first-order valence-electron chi connectivity index (χ1n) is 15.5. The SMILES string of the molecule is CC(C)OCCn1c(NC2CCN(CCC(CN(C)C(=O)c3ccccc3)c3ccc(F)cc3)CC2)nc2ccccc21. The number of hydrogen-bond donors (Lipinski definition) is 1. The van der Waals surface area contributed by atoms with Gasteiger partial charge in [0.2, 0.25) is 5.95 Å². The molecule has 4 aromatic rings. The lowest BCUT2D eigenvalue weighted by molar-refractivity contribution is 0.0735. The Morgan fingerprint density at radius 3 is 2.42 bits per heavy atom. The summed E-state index contributed by atoms with van der Waals surface area (Å²) in [5.41, 5.74) is 3.86. The van der Waals surface area contributed by atoms with Crippen molar-refractivity contribution < 1.29 is 13.9 Å². The lowest BCUT2D eigenvalue weighted by Crippen LogP contribution is -2.40. The van der Waals surface area contributed by atoms with E-state index in [2.05, 4.69) is 46.8 Å². The molecule has 0 saturated carbocycles. The first kappa shape index (κ1) is 30.7. The number of para-hydroxylation sites is 2. The summed E-state index contributed by atoms with van der Waals surface area (Å²) < 4.78 is 21.8. The lowest BCUT2D eigenvalue weighted by Gasteiger charge is -2.34. The van der Waals surface area contributed by atoms with Crippen LogP contribution in [0.3, 0.4) is 0 Å². The van der Waals surface area contributed by atoms with Crippen molar-refractivity contribution in [2.75, 3.05) is 45.2 Å². The minimum Gasteiger partial charge on any atom is -0.377 e. The van der Waals surface area contributed by atoms with E-state index < -0.39 is 0 Å². The van der Waals surface area contributed by atoms with Crippen LogP contribution in [0.4, 0.5) is 10.3 Å². The Hall–Kier alpha value is -3.75. The molecule has 7 nitrogen and oxygen atoms in total. The van der Waals surface area contributed by atoms with Gasteiger partial charge in [0, 0.05) is 50.7 Å². The second kappa shape index (κ2) is 14.6. The van der Waals surface area contributed by atoms with Crippen molar-refractivity contribution in [3.63, 3.8) is 0 Å². The number of imidazole rings is 1. The predicted molar refractivity (Wildman–Crippen MR) is 171 cm³/mol. The van der Waals surface area contributed by atoms with Gasteiger partial charge in [0.15, 0.2) is 0 Å². The predicted octanol–water partition coefficient (Wildman–Crippen LogP) is 6.42. The number of nitrogens with one attached hydrogen (secondary N) is 1. The van der Waals surface area contributed by atoms with E-state index in [1.165, 1.54) is 12.1 Å². The smallest absolute Gasteiger partial charge is 0.253 e. The molecule has 1 fully saturated rings. The maximum atomic E-state index is 13.7. The van der Waals surface area contributed by atoms with Crippen molar-refractivity contribution in [1.29, 1.82) is 0 Å². The third-order valence-corrected chi connectivity index (χ3v) is 8.34. The van der Waals surface area contributed by atoms with Gasteiger partial charge in [-0.3, -0.25) is 4.79 Å². The number of amides is 1. The zero-order chi connectivity index (χ0) is 30.2. The molecule has 228 valence electrons. The molecule has 0 spiro atoms. The van der Waals surface area contributed by atoms with Crippen molar-refractivity contribution >= 4 is 22.9 Å². The number of anilines is 1. The topological polar surface area (TPSA) is 62.6 Å². The lowest BCUT2D eigenvalue weighted by atomic mass is 9.94. The van der Waals surface area contributed by atoms with E-state index in [1.54, 1.807) is 4.90 Å². The Kier molecular flexibility index (Phi) is 10.4. The Balaban J connectivity index is 1.18. The molecule has 1 N–H and O–H groups in total. The molecule has 0 bridgehead atoms. The van der Waals surface area contributed by atoms with Gasteiger partial charge in [-0.1, -0.05) is 42.5 Å². The molecular formula is C35H44FN5O2. The summed E-state index contributed by atoms with van der Waals surface area (Å²) in [6, 6.07) is 24.7. The highest BCUT2D eigenvalue weighted by atomic mass is 19.1. The van der Waals surface area contributed by atoms with Gasteiger partial charge in [0.1, 0.15) is 5.82 Å². The normalized spacial score (nSPS) is 15.2. The van der Waals surface area contributed by atoms with E-state index in [0.717, 1.165) is 68.0 Å². The molecule has 3 aromatic carbocycles. The Morgan fingerprint density at radius 2 is 1.70 bits per heavy atom. The van der Waals surface area contributed by atoms with Crippen molar-refractivity contribution in [3.8, 4) is 0 Å². The number of likely N-dealkylation sites (tertiary alicyclic amines) is 1. The molecule has 0 aliphatic carbocycles. The van der Waals surface area contributed by atoms with Crippen LogP contribution < -0.4 is 5.32 Å². The van der Waals surface area contributed by atoms with Gasteiger partial charge in [-0.15, -0.1) is 0 Å². The van der Waals surface area contributed by atoms with Gasteiger partial charge in [-0.05, 0) is 81.6 Å². The highest BCUT2D eigenvalue weighted by Crippen LogP contribution is 2.25. The number of carbonyl (C=O) groups is 1. The standard InChI is InChI=1S/C35H44FN5O2/c1-26(2)43-24-23-41-33-12-8-7-11-32(33)38-35(41)37-31-18-21-40(22-19-31)20-17-29(27-13-15-30(36)16-14-27)25-39(3)34(42)28-9-5-4-6-10-28/h4-16,26,29,31H,17-25H2,1-3H3,(H,37,38). The summed E-state index contributed by atoms with van der Waals surface area (Å²) in [7, 11) is 1.85. The Bertz CT molecular complexity index is 1450. The van der Waals surface area contributed by atoms with Gasteiger partial charge in [0.05, 0.1) is 23.7 Å². The van der Waals surface area contributed by atoms with Crippen LogP contribution in [-0.4, -0.2) is 77.2 Å². The average Bonchev–Trinajstić information content (AvgIpc) is 3.37. The molecule has 1 aliphatic heterocycles. The number of nitrogens with zero attached hydrogens (tertiary/aromatic N) is 4. The molecule has 43 heavy (non-hydrogen) atoms. The zero-order valence-electron chi connectivity index (χ0n) is 25.6. The fraction of sp³-hybridized carbons (Fsp3) is 0.429. The van der Waals surface area contributed by atoms with Crippen LogP contribution in [0.2, 0.25) is 0 Å². The highest BCUT2D eigenvalue weighted by molar-refractivity contribution is 5.94. The van der Waals surface area contributed by atoms with Crippen molar-refractivity contribution in [2.45, 2.75) is 57.7 Å². The summed E-state index contributed by atoms with van der Waals surface area (Å²) in [5.74, 6) is 0.782. The van der Waals surface area contributed by atoms with Crippen LogP contribution in [0.1, 0.15) is 54.9 Å². The van der Waals surface area contributed by atoms with E-state index in [-0.39, 0.29) is 23.7 Å². The number of hydrogen-bond acceptors (Lipinski definition) is 5. The van der Waals surface area contributed by atoms with Crippen LogP contribution in [0.15, 0.2) is 78.9 Å². The summed E-state index contributed by atoms with van der Waals surface area (Å²) in [6.45, 7) is 9.00. The molecule has 1 aromatic heterocycles. The molecule has 1 unspecified atom stereocenters. The molecular weight excluding hydrogens is 541 g/mol. The van der Waals surface area contributed by atoms with Crippen molar-refractivity contribution in [1.82, 2.24) is 19.4 Å². The van der Waals surface area contributed by atoms with Crippen LogP contribution in [0.5, 0.6) is 0 Å².